The van der Waals surface area contributed by atoms with E-state index in [1.54, 1.807) is 6.07 Å². The van der Waals surface area contributed by atoms with E-state index in [0.717, 1.165) is 11.6 Å². The molecule has 106 valence electrons. The Labute approximate surface area is 131 Å². The summed E-state index contributed by atoms with van der Waals surface area (Å²) >= 11 is 6.26. The van der Waals surface area contributed by atoms with Crippen molar-refractivity contribution in [3.05, 3.63) is 67.9 Å². The molecule has 0 saturated heterocycles. The fraction of sp³-hybridized carbons (Fsp3) is 0.143. The molecule has 2 N–H and O–H groups in total. The van der Waals surface area contributed by atoms with Gasteiger partial charge >= 0.3 is 0 Å². The van der Waals surface area contributed by atoms with Gasteiger partial charge in [0.2, 0.25) is 0 Å². The summed E-state index contributed by atoms with van der Waals surface area (Å²) in [6.07, 6.45) is 0.366. The number of nitrogens with two attached hydrogens (primary N) is 1. The Morgan fingerprint density at radius 1 is 1.05 bits per heavy atom. The van der Waals surface area contributed by atoms with E-state index in [0.29, 0.717) is 16.5 Å². The minimum atomic E-state index is -0.962. The van der Waals surface area contributed by atoms with Gasteiger partial charge in [-0.25, -0.2) is 13.2 Å². The number of benzene rings is 2. The Bertz CT molecular complexity index is 647. The third-order valence-electron chi connectivity index (χ3n) is 2.92. The molecule has 0 fully saturated rings. The Kier molecular flexibility index (Phi) is 4.88. The highest BCUT2D eigenvalue weighted by Gasteiger charge is 2.17. The fourth-order valence-electron chi connectivity index (χ4n) is 1.86. The monoisotopic (exact) mass is 407 g/mol. The molecule has 0 amide bonds. The third kappa shape index (κ3) is 3.24. The second kappa shape index (κ2) is 6.28. The molecule has 0 spiro atoms. The van der Waals surface area contributed by atoms with E-state index >= 15 is 0 Å². The van der Waals surface area contributed by atoms with Gasteiger partial charge in [-0.2, -0.15) is 0 Å². The molecule has 0 heterocycles. The highest BCUT2D eigenvalue weighted by molar-refractivity contribution is 9.10. The van der Waals surface area contributed by atoms with Gasteiger partial charge in [-0.1, -0.05) is 28.1 Å². The van der Waals surface area contributed by atoms with Crippen molar-refractivity contribution in [1.29, 1.82) is 0 Å². The van der Waals surface area contributed by atoms with Crippen molar-refractivity contribution < 1.29 is 13.2 Å². The molecule has 2 rings (SSSR count). The maximum absolute atomic E-state index is 13.5. The molecule has 2 aromatic rings. The second-order valence-corrected chi connectivity index (χ2v) is 5.96. The molecular weight excluding hydrogens is 399 g/mol. The van der Waals surface area contributed by atoms with E-state index in [2.05, 4.69) is 31.9 Å². The van der Waals surface area contributed by atoms with Gasteiger partial charge < -0.3 is 5.73 Å². The number of hydrogen-bond donors (Lipinski definition) is 1. The Hall–Kier alpha value is -0.850. The first kappa shape index (κ1) is 15.5. The second-order valence-electron chi connectivity index (χ2n) is 4.31. The van der Waals surface area contributed by atoms with E-state index in [1.807, 2.05) is 0 Å². The SMILES string of the molecule is NC(Cc1ccc(F)cc1Br)c1ccc(F)c(F)c1Br. The molecule has 0 saturated carbocycles. The van der Waals surface area contributed by atoms with Crippen LogP contribution >= 0.6 is 31.9 Å². The Balaban J connectivity index is 2.28. The number of hydrogen-bond acceptors (Lipinski definition) is 1. The van der Waals surface area contributed by atoms with Crippen LogP contribution in [0.4, 0.5) is 13.2 Å². The Morgan fingerprint density at radius 2 is 1.75 bits per heavy atom. The quantitative estimate of drug-likeness (QED) is 0.720. The molecule has 20 heavy (non-hydrogen) atoms. The summed E-state index contributed by atoms with van der Waals surface area (Å²) in [5.41, 5.74) is 7.27. The van der Waals surface area contributed by atoms with Crippen LogP contribution in [0.5, 0.6) is 0 Å². The van der Waals surface area contributed by atoms with Crippen molar-refractivity contribution in [3.63, 3.8) is 0 Å². The van der Waals surface area contributed by atoms with Crippen LogP contribution in [0.3, 0.4) is 0 Å². The standard InChI is InChI=1S/C14H10Br2F3N/c15-10-6-8(17)2-1-7(10)5-12(20)9-3-4-11(18)14(19)13(9)16/h1-4,6,12H,5,20H2. The topological polar surface area (TPSA) is 26.0 Å². The molecule has 0 bridgehead atoms. The van der Waals surface area contributed by atoms with Gasteiger partial charge in [0.15, 0.2) is 11.6 Å². The summed E-state index contributed by atoms with van der Waals surface area (Å²) in [6, 6.07) is 6.20. The molecule has 0 aliphatic rings. The lowest BCUT2D eigenvalue weighted by molar-refractivity contribution is 0.500. The van der Waals surface area contributed by atoms with Crippen LogP contribution in [-0.2, 0) is 6.42 Å². The summed E-state index contributed by atoms with van der Waals surface area (Å²) in [6.45, 7) is 0. The lowest BCUT2D eigenvalue weighted by Crippen LogP contribution is -2.15. The van der Waals surface area contributed by atoms with Crippen LogP contribution in [0.2, 0.25) is 0 Å². The smallest absolute Gasteiger partial charge is 0.173 e. The van der Waals surface area contributed by atoms with Crippen molar-refractivity contribution in [1.82, 2.24) is 0 Å². The molecule has 1 atom stereocenters. The lowest BCUT2D eigenvalue weighted by Gasteiger charge is -2.15. The van der Waals surface area contributed by atoms with Gasteiger partial charge in [-0.3, -0.25) is 0 Å². The maximum atomic E-state index is 13.5. The normalized spacial score (nSPS) is 12.5. The minimum Gasteiger partial charge on any atom is -0.324 e. The van der Waals surface area contributed by atoms with Gasteiger partial charge in [-0.05, 0) is 51.7 Å². The molecule has 1 unspecified atom stereocenters. The maximum Gasteiger partial charge on any atom is 0.173 e. The lowest BCUT2D eigenvalue weighted by atomic mass is 9.99. The van der Waals surface area contributed by atoms with Crippen LogP contribution in [0, 0.1) is 17.5 Å². The molecule has 0 aliphatic carbocycles. The predicted octanol–water partition coefficient (Wildman–Crippen LogP) is 4.87. The van der Waals surface area contributed by atoms with Crippen molar-refractivity contribution in [2.75, 3.05) is 0 Å². The molecule has 1 nitrogen and oxygen atoms in total. The molecule has 0 aliphatic heterocycles. The van der Waals surface area contributed by atoms with Crippen molar-refractivity contribution in [3.8, 4) is 0 Å². The Morgan fingerprint density at radius 3 is 2.40 bits per heavy atom. The number of halogens is 5. The predicted molar refractivity (Wildman–Crippen MR) is 78.8 cm³/mol. The fourth-order valence-corrected chi connectivity index (χ4v) is 2.99. The highest BCUT2D eigenvalue weighted by Crippen LogP contribution is 2.30. The summed E-state index contributed by atoms with van der Waals surface area (Å²) in [4.78, 5) is 0. The molecule has 6 heteroatoms. The summed E-state index contributed by atoms with van der Waals surface area (Å²) in [7, 11) is 0. The van der Waals surface area contributed by atoms with Gasteiger partial charge in [0.05, 0.1) is 4.47 Å². The van der Waals surface area contributed by atoms with Crippen LogP contribution in [0.15, 0.2) is 39.3 Å². The average molecular weight is 409 g/mol. The van der Waals surface area contributed by atoms with Crippen LogP contribution in [0.25, 0.3) is 0 Å². The first-order valence-electron chi connectivity index (χ1n) is 5.73. The summed E-state index contributed by atoms with van der Waals surface area (Å²) in [5, 5.41) is 0. The van der Waals surface area contributed by atoms with Gasteiger partial charge in [0, 0.05) is 10.5 Å². The minimum absolute atomic E-state index is 0.0169. The largest absolute Gasteiger partial charge is 0.324 e. The first-order valence-corrected chi connectivity index (χ1v) is 7.31. The summed E-state index contributed by atoms with van der Waals surface area (Å²) in [5.74, 6) is -2.25. The molecule has 0 aromatic heterocycles. The van der Waals surface area contributed by atoms with Gasteiger partial charge in [0.1, 0.15) is 5.82 Å². The van der Waals surface area contributed by atoms with E-state index in [1.165, 1.54) is 18.2 Å². The summed E-state index contributed by atoms with van der Waals surface area (Å²) < 4.78 is 40.2. The van der Waals surface area contributed by atoms with E-state index in [9.17, 15) is 13.2 Å². The molecular formula is C14H10Br2F3N. The third-order valence-corrected chi connectivity index (χ3v) is 4.46. The molecule has 2 aromatic carbocycles. The average Bonchev–Trinajstić information content (AvgIpc) is 2.39. The van der Waals surface area contributed by atoms with E-state index in [4.69, 9.17) is 5.73 Å². The van der Waals surface area contributed by atoms with Crippen molar-refractivity contribution >= 4 is 31.9 Å². The zero-order chi connectivity index (χ0) is 14.9. The van der Waals surface area contributed by atoms with Crippen LogP contribution < -0.4 is 5.73 Å². The molecule has 0 radical (unpaired) electrons. The highest BCUT2D eigenvalue weighted by atomic mass is 79.9. The van der Waals surface area contributed by atoms with Crippen LogP contribution in [0.1, 0.15) is 17.2 Å². The van der Waals surface area contributed by atoms with Crippen molar-refractivity contribution in [2.24, 2.45) is 5.73 Å². The zero-order valence-electron chi connectivity index (χ0n) is 10.1. The van der Waals surface area contributed by atoms with Crippen LogP contribution in [-0.4, -0.2) is 0 Å². The van der Waals surface area contributed by atoms with E-state index in [-0.39, 0.29) is 10.3 Å². The van der Waals surface area contributed by atoms with Gasteiger partial charge in [-0.15, -0.1) is 0 Å². The zero-order valence-corrected chi connectivity index (χ0v) is 13.3. The first-order chi connectivity index (χ1) is 9.40. The van der Waals surface area contributed by atoms with Crippen molar-refractivity contribution in [2.45, 2.75) is 12.5 Å². The van der Waals surface area contributed by atoms with E-state index < -0.39 is 17.7 Å². The number of rotatable bonds is 3. The van der Waals surface area contributed by atoms with Gasteiger partial charge in [0.25, 0.3) is 0 Å².